The predicted molar refractivity (Wildman–Crippen MR) is 172 cm³/mol. The number of anilines is 2. The number of amides is 3. The number of nitrogens with two attached hydrogens (primary N) is 2. The number of aliphatic hydroxyl groups is 1. The Morgan fingerprint density at radius 1 is 0.978 bits per heavy atom. The predicted octanol–water partition coefficient (Wildman–Crippen LogP) is 2.69. The number of carbonyl (C=O) groups is 3. The lowest BCUT2D eigenvalue weighted by atomic mass is 9.99. The number of hydrogen-bond acceptors (Lipinski definition) is 9. The van der Waals surface area contributed by atoms with Crippen LogP contribution in [-0.2, 0) is 4.79 Å². The third kappa shape index (κ3) is 6.27. The van der Waals surface area contributed by atoms with Crippen molar-refractivity contribution in [2.24, 2.45) is 11.5 Å². The summed E-state index contributed by atoms with van der Waals surface area (Å²) in [6.45, 7) is 1.05. The Labute approximate surface area is 260 Å². The monoisotopic (exact) mass is 609 g/mol. The first-order valence-electron chi connectivity index (χ1n) is 14.6. The number of primary amides is 1. The summed E-state index contributed by atoms with van der Waals surface area (Å²) in [7, 11) is 0. The Morgan fingerprint density at radius 3 is 2.29 bits per heavy atom. The van der Waals surface area contributed by atoms with Crippen molar-refractivity contribution in [1.29, 1.82) is 10.8 Å². The fourth-order valence-electron chi connectivity index (χ4n) is 5.82. The van der Waals surface area contributed by atoms with Crippen molar-refractivity contribution in [2.75, 3.05) is 29.9 Å². The second-order valence-corrected chi connectivity index (χ2v) is 11.0. The molecule has 9 N–H and O–H groups in total. The van der Waals surface area contributed by atoms with E-state index in [9.17, 15) is 24.6 Å². The van der Waals surface area contributed by atoms with Gasteiger partial charge in [0.1, 0.15) is 17.6 Å². The van der Waals surface area contributed by atoms with E-state index >= 15 is 0 Å². The van der Waals surface area contributed by atoms with Gasteiger partial charge in [0.15, 0.2) is 0 Å². The zero-order chi connectivity index (χ0) is 32.2. The maximum Gasteiger partial charge on any atom is 0.264 e. The number of nitrogens with one attached hydrogen (secondary N) is 3. The number of carbonyl (C=O) groups excluding carboxylic acids is 3. The highest BCUT2D eigenvalue weighted by Gasteiger charge is 2.43. The number of phenols is 1. The standard InChI is InChI=1S/C33H35N7O5/c34-25(22-4-1-2-7-28(22)42)18-24(30(35)36)19-8-10-21(11-9-19)39-15-12-20(13-16-39)38-26-6-3-5-23-29(26)33(45)40(32(23)44)27(14-17-41)31(37)43/h1-11,18,20,27,34,38,41-42H,12-17H2,(H3,35,36)(H2,37,43)/b24-18-,34-25?. The molecule has 0 spiro atoms. The molecule has 0 radical (unpaired) electrons. The average molecular weight is 610 g/mol. The third-order valence-corrected chi connectivity index (χ3v) is 8.16. The molecule has 12 nitrogen and oxygen atoms in total. The van der Waals surface area contributed by atoms with Gasteiger partial charge in [-0.3, -0.25) is 24.7 Å². The number of benzene rings is 3. The number of allylic oxidation sites excluding steroid dienone is 1. The molecule has 0 aromatic heterocycles. The fraction of sp³-hybridized carbons (Fsp3) is 0.242. The van der Waals surface area contributed by atoms with Gasteiger partial charge in [0.25, 0.3) is 11.8 Å². The summed E-state index contributed by atoms with van der Waals surface area (Å²) in [4.78, 5) is 41.4. The number of piperidine rings is 1. The van der Waals surface area contributed by atoms with Crippen molar-refractivity contribution in [2.45, 2.75) is 31.3 Å². The smallest absolute Gasteiger partial charge is 0.264 e. The molecule has 3 aromatic rings. The third-order valence-electron chi connectivity index (χ3n) is 8.16. The molecule has 1 saturated heterocycles. The van der Waals surface area contributed by atoms with Crippen LogP contribution in [0.15, 0.2) is 72.8 Å². The van der Waals surface area contributed by atoms with Crippen LogP contribution in [0.2, 0.25) is 0 Å². The zero-order valence-electron chi connectivity index (χ0n) is 24.5. The molecule has 2 aliphatic heterocycles. The minimum Gasteiger partial charge on any atom is -0.507 e. The molecular formula is C33H35N7O5. The topological polar surface area (TPSA) is 210 Å². The van der Waals surface area contributed by atoms with Crippen LogP contribution in [0.4, 0.5) is 11.4 Å². The van der Waals surface area contributed by atoms with E-state index in [1.54, 1.807) is 36.4 Å². The van der Waals surface area contributed by atoms with Crippen molar-refractivity contribution in [1.82, 2.24) is 4.90 Å². The molecular weight excluding hydrogens is 574 g/mol. The molecule has 5 rings (SSSR count). The van der Waals surface area contributed by atoms with E-state index in [-0.39, 0.29) is 40.9 Å². The minimum atomic E-state index is -1.23. The van der Waals surface area contributed by atoms with Crippen LogP contribution < -0.4 is 21.7 Å². The molecule has 0 saturated carbocycles. The van der Waals surface area contributed by atoms with E-state index in [0.717, 1.165) is 36.5 Å². The summed E-state index contributed by atoms with van der Waals surface area (Å²) in [5, 5.41) is 39.3. The van der Waals surface area contributed by atoms with Crippen LogP contribution in [0, 0.1) is 10.8 Å². The van der Waals surface area contributed by atoms with Crippen LogP contribution in [0.5, 0.6) is 5.75 Å². The van der Waals surface area contributed by atoms with E-state index in [4.69, 9.17) is 22.3 Å². The molecule has 3 amide bonds. The van der Waals surface area contributed by atoms with Gasteiger partial charge in [-0.25, -0.2) is 0 Å². The second-order valence-electron chi connectivity index (χ2n) is 11.0. The highest BCUT2D eigenvalue weighted by Crippen LogP contribution is 2.33. The quantitative estimate of drug-likeness (QED) is 0.0974. The van der Waals surface area contributed by atoms with Gasteiger partial charge in [-0.15, -0.1) is 0 Å². The molecule has 12 heteroatoms. The first-order valence-corrected chi connectivity index (χ1v) is 14.6. The van der Waals surface area contributed by atoms with E-state index < -0.39 is 30.4 Å². The first-order chi connectivity index (χ1) is 21.6. The molecule has 3 aromatic carbocycles. The number of aromatic hydroxyl groups is 1. The number of aliphatic hydroxyl groups excluding tert-OH is 1. The van der Waals surface area contributed by atoms with Crippen molar-refractivity contribution >= 4 is 46.2 Å². The maximum absolute atomic E-state index is 13.3. The van der Waals surface area contributed by atoms with Crippen molar-refractivity contribution < 1.29 is 24.6 Å². The highest BCUT2D eigenvalue weighted by molar-refractivity contribution is 6.27. The second kappa shape index (κ2) is 13.0. The first kappa shape index (κ1) is 31.0. The lowest BCUT2D eigenvalue weighted by Gasteiger charge is -2.34. The summed E-state index contributed by atoms with van der Waals surface area (Å²) in [6.07, 6.45) is 2.85. The van der Waals surface area contributed by atoms with Crippen LogP contribution in [0.1, 0.15) is 51.1 Å². The Kier molecular flexibility index (Phi) is 8.96. The summed E-state index contributed by atoms with van der Waals surface area (Å²) in [5.41, 5.74) is 14.6. The molecule has 1 unspecified atom stereocenters. The zero-order valence-corrected chi connectivity index (χ0v) is 24.5. The molecule has 0 bridgehead atoms. The Hall–Kier alpha value is -5.49. The van der Waals surface area contributed by atoms with Gasteiger partial charge < -0.3 is 37.3 Å². The summed E-state index contributed by atoms with van der Waals surface area (Å²) >= 11 is 0. The number of para-hydroxylation sites is 1. The number of hydrogen-bond donors (Lipinski definition) is 7. The van der Waals surface area contributed by atoms with E-state index in [1.807, 2.05) is 24.3 Å². The Bertz CT molecular complexity index is 1690. The van der Waals surface area contributed by atoms with Gasteiger partial charge in [0.2, 0.25) is 5.91 Å². The number of nitrogens with zero attached hydrogens (tertiary/aromatic N) is 2. The largest absolute Gasteiger partial charge is 0.507 e. The molecule has 232 valence electrons. The number of rotatable bonds is 11. The van der Waals surface area contributed by atoms with Gasteiger partial charge in [0, 0.05) is 54.7 Å². The molecule has 45 heavy (non-hydrogen) atoms. The molecule has 2 heterocycles. The van der Waals surface area contributed by atoms with Gasteiger partial charge >= 0.3 is 0 Å². The maximum atomic E-state index is 13.3. The Morgan fingerprint density at radius 2 is 1.67 bits per heavy atom. The molecule has 1 atom stereocenters. The molecule has 1 fully saturated rings. The van der Waals surface area contributed by atoms with Crippen LogP contribution in [0.3, 0.4) is 0 Å². The lowest BCUT2D eigenvalue weighted by Crippen LogP contribution is -2.48. The van der Waals surface area contributed by atoms with Gasteiger partial charge in [-0.05, 0) is 60.9 Å². The SMILES string of the molecule is N=C(N)/C(=C\C(=N)c1ccccc1O)c1ccc(N2CCC(Nc3cccc4c3C(=O)N(C(CCO)C(N)=O)C4=O)CC2)cc1. The van der Waals surface area contributed by atoms with Gasteiger partial charge in [-0.1, -0.05) is 30.3 Å². The lowest BCUT2D eigenvalue weighted by molar-refractivity contribution is -0.122. The number of amidine groups is 1. The highest BCUT2D eigenvalue weighted by atomic mass is 16.3. The van der Waals surface area contributed by atoms with Crippen LogP contribution in [-0.4, -0.2) is 76.2 Å². The van der Waals surface area contributed by atoms with Gasteiger partial charge in [-0.2, -0.15) is 0 Å². The normalized spacial score (nSPS) is 16.0. The van der Waals surface area contributed by atoms with Crippen molar-refractivity contribution in [3.05, 3.63) is 95.1 Å². The van der Waals surface area contributed by atoms with Crippen LogP contribution >= 0.6 is 0 Å². The van der Waals surface area contributed by atoms with E-state index in [1.165, 1.54) is 12.1 Å². The Balaban J connectivity index is 1.25. The fourth-order valence-corrected chi connectivity index (χ4v) is 5.82. The van der Waals surface area contributed by atoms with E-state index in [2.05, 4.69) is 10.2 Å². The molecule has 2 aliphatic rings. The van der Waals surface area contributed by atoms with Crippen LogP contribution in [0.25, 0.3) is 5.57 Å². The molecule has 0 aliphatic carbocycles. The summed E-state index contributed by atoms with van der Waals surface area (Å²) in [5.74, 6) is -2.28. The number of phenolic OH excluding ortho intramolecular Hbond substituents is 1. The summed E-state index contributed by atoms with van der Waals surface area (Å²) in [6, 6.07) is 17.9. The van der Waals surface area contributed by atoms with Crippen molar-refractivity contribution in [3.8, 4) is 5.75 Å². The number of fused-ring (bicyclic) bond motifs is 1. The average Bonchev–Trinajstić information content (AvgIpc) is 3.28. The summed E-state index contributed by atoms with van der Waals surface area (Å²) < 4.78 is 0. The minimum absolute atomic E-state index is 0.0247. The number of imide groups is 1. The van der Waals surface area contributed by atoms with Crippen molar-refractivity contribution in [3.63, 3.8) is 0 Å². The van der Waals surface area contributed by atoms with Gasteiger partial charge in [0.05, 0.1) is 16.8 Å². The van der Waals surface area contributed by atoms with E-state index in [0.29, 0.717) is 22.4 Å².